The second-order valence-corrected chi connectivity index (χ2v) is 8.37. The fraction of sp³-hybridized carbons (Fsp3) is 0.762. The maximum Gasteiger partial charge on any atom is 0.155 e. The minimum absolute atomic E-state index is 0.0965. The fourth-order valence-corrected chi connectivity index (χ4v) is 6.75. The molecule has 0 radical (unpaired) electrons. The normalized spacial score (nSPS) is 45.5. The molecule has 0 aromatic carbocycles. The van der Waals surface area contributed by atoms with Crippen LogP contribution in [0, 0.1) is 41.4 Å². The predicted octanol–water partition coefficient (Wildman–Crippen LogP) is 3.88. The quantitative estimate of drug-likeness (QED) is 0.786. The number of carbonyl (C=O) groups is 1. The Balaban J connectivity index is 1.61. The van der Waals surface area contributed by atoms with Crippen molar-refractivity contribution in [2.45, 2.75) is 70.3 Å². The van der Waals surface area contributed by atoms with Crippen LogP contribution < -0.4 is 0 Å². The average molecular weight is 312 g/mol. The molecule has 4 aliphatic carbocycles. The Bertz CT molecular complexity index is 569. The third-order valence-electron chi connectivity index (χ3n) is 7.71. The summed E-state index contributed by atoms with van der Waals surface area (Å²) in [6.45, 7) is 0. The number of carbonyl (C=O) groups excluding carboxylic acids is 1. The van der Waals surface area contributed by atoms with Crippen LogP contribution in [0.1, 0.15) is 64.2 Å². The van der Waals surface area contributed by atoms with Gasteiger partial charge in [-0.15, -0.1) is 12.3 Å². The van der Waals surface area contributed by atoms with Gasteiger partial charge in [-0.2, -0.15) is 0 Å². The summed E-state index contributed by atoms with van der Waals surface area (Å²) in [5.74, 6) is 5.94. The van der Waals surface area contributed by atoms with E-state index in [4.69, 9.17) is 6.42 Å². The molecular formula is C21H28O2. The van der Waals surface area contributed by atoms with Gasteiger partial charge >= 0.3 is 0 Å². The van der Waals surface area contributed by atoms with Crippen LogP contribution in [0.5, 0.6) is 0 Å². The molecule has 0 aliphatic heterocycles. The smallest absolute Gasteiger partial charge is 0.155 e. The first-order valence-corrected chi connectivity index (χ1v) is 9.50. The molecule has 3 fully saturated rings. The molecule has 0 bridgehead atoms. The van der Waals surface area contributed by atoms with Gasteiger partial charge in [-0.1, -0.05) is 5.57 Å². The van der Waals surface area contributed by atoms with Gasteiger partial charge < -0.3 is 5.11 Å². The average Bonchev–Trinajstić information content (AvgIpc) is 2.89. The van der Waals surface area contributed by atoms with Crippen molar-refractivity contribution in [1.29, 1.82) is 0 Å². The van der Waals surface area contributed by atoms with Crippen LogP contribution >= 0.6 is 0 Å². The van der Waals surface area contributed by atoms with E-state index in [1.165, 1.54) is 24.8 Å². The van der Waals surface area contributed by atoms with E-state index in [1.807, 2.05) is 6.08 Å². The highest BCUT2D eigenvalue weighted by atomic mass is 16.3. The fourth-order valence-electron chi connectivity index (χ4n) is 6.75. The lowest BCUT2D eigenvalue weighted by atomic mass is 9.51. The van der Waals surface area contributed by atoms with Crippen LogP contribution in [-0.2, 0) is 4.79 Å². The molecular weight excluding hydrogens is 284 g/mol. The summed E-state index contributed by atoms with van der Waals surface area (Å²) in [7, 11) is 0. The lowest BCUT2D eigenvalue weighted by Crippen LogP contribution is -2.49. The topological polar surface area (TPSA) is 37.3 Å². The Morgan fingerprint density at radius 2 is 2.04 bits per heavy atom. The number of allylic oxidation sites excluding steroid dienone is 1. The van der Waals surface area contributed by atoms with Gasteiger partial charge in [-0.3, -0.25) is 4.79 Å². The second-order valence-electron chi connectivity index (χ2n) is 8.37. The number of terminal acetylenes is 1. The molecule has 0 heterocycles. The van der Waals surface area contributed by atoms with E-state index in [0.717, 1.165) is 56.8 Å². The molecule has 0 amide bonds. The first-order valence-electron chi connectivity index (χ1n) is 9.50. The first-order chi connectivity index (χ1) is 11.2. The van der Waals surface area contributed by atoms with Gasteiger partial charge in [0, 0.05) is 18.3 Å². The summed E-state index contributed by atoms with van der Waals surface area (Å²) in [5.41, 5.74) is 1.54. The van der Waals surface area contributed by atoms with Crippen LogP contribution in [-0.4, -0.2) is 17.0 Å². The monoisotopic (exact) mass is 312 g/mol. The third kappa shape index (κ3) is 2.31. The van der Waals surface area contributed by atoms with Crippen LogP contribution in [0.25, 0.3) is 0 Å². The Morgan fingerprint density at radius 3 is 2.87 bits per heavy atom. The number of aliphatic hydroxyl groups is 1. The van der Waals surface area contributed by atoms with Gasteiger partial charge in [0.05, 0.1) is 6.10 Å². The van der Waals surface area contributed by atoms with Crippen molar-refractivity contribution in [3.8, 4) is 12.3 Å². The molecule has 6 atom stereocenters. The first kappa shape index (κ1) is 15.5. The summed E-state index contributed by atoms with van der Waals surface area (Å²) in [6.07, 6.45) is 17.8. The number of fused-ring (bicyclic) bond motifs is 5. The van der Waals surface area contributed by atoms with Gasteiger partial charge in [0.1, 0.15) is 0 Å². The highest BCUT2D eigenvalue weighted by Crippen LogP contribution is 2.63. The van der Waals surface area contributed by atoms with E-state index < -0.39 is 0 Å². The van der Waals surface area contributed by atoms with E-state index in [2.05, 4.69) is 5.92 Å². The van der Waals surface area contributed by atoms with Gasteiger partial charge in [-0.05, 0) is 81.1 Å². The van der Waals surface area contributed by atoms with Crippen molar-refractivity contribution in [2.24, 2.45) is 29.1 Å². The van der Waals surface area contributed by atoms with E-state index in [-0.39, 0.29) is 11.5 Å². The molecule has 0 unspecified atom stereocenters. The summed E-state index contributed by atoms with van der Waals surface area (Å²) in [6, 6.07) is 0. The summed E-state index contributed by atoms with van der Waals surface area (Å²) in [4.78, 5) is 11.7. The van der Waals surface area contributed by atoms with Crippen LogP contribution in [0.15, 0.2) is 11.6 Å². The second kappa shape index (κ2) is 5.78. The van der Waals surface area contributed by atoms with Gasteiger partial charge in [0.15, 0.2) is 5.78 Å². The highest BCUT2D eigenvalue weighted by Gasteiger charge is 2.57. The van der Waals surface area contributed by atoms with Gasteiger partial charge in [0.25, 0.3) is 0 Å². The molecule has 0 aromatic heterocycles. The van der Waals surface area contributed by atoms with Crippen LogP contribution in [0.4, 0.5) is 0 Å². The molecule has 23 heavy (non-hydrogen) atoms. The minimum Gasteiger partial charge on any atom is -0.393 e. The maximum atomic E-state index is 11.7. The van der Waals surface area contributed by atoms with Crippen molar-refractivity contribution >= 4 is 5.78 Å². The van der Waals surface area contributed by atoms with Crippen molar-refractivity contribution in [1.82, 2.24) is 0 Å². The lowest BCUT2D eigenvalue weighted by Gasteiger charge is -2.54. The van der Waals surface area contributed by atoms with Crippen molar-refractivity contribution in [3.63, 3.8) is 0 Å². The van der Waals surface area contributed by atoms with Crippen LogP contribution in [0.2, 0.25) is 0 Å². The van der Waals surface area contributed by atoms with Gasteiger partial charge in [-0.25, -0.2) is 0 Å². The van der Waals surface area contributed by atoms with E-state index >= 15 is 0 Å². The standard InChI is InChI=1S/C21H28O2/c1-2-3-11-21-12-10-17-16-7-5-15(22)13-14(16)4-6-18(17)19(21)8-9-20(21)23/h1,13,16-20,23H,3-12H2/t16-,17+,18+,19-,20-,21-/m0/s1. The summed E-state index contributed by atoms with van der Waals surface area (Å²) in [5, 5.41) is 10.7. The Labute approximate surface area is 139 Å². The molecule has 0 saturated heterocycles. The molecule has 0 spiro atoms. The van der Waals surface area contributed by atoms with E-state index in [0.29, 0.717) is 17.6 Å². The molecule has 2 nitrogen and oxygen atoms in total. The van der Waals surface area contributed by atoms with Crippen molar-refractivity contribution in [2.75, 3.05) is 0 Å². The number of ketones is 1. The molecule has 124 valence electrons. The zero-order valence-corrected chi connectivity index (χ0v) is 14.0. The molecule has 3 saturated carbocycles. The molecule has 1 N–H and O–H groups in total. The number of hydrogen-bond donors (Lipinski definition) is 1. The lowest BCUT2D eigenvalue weighted by molar-refractivity contribution is -0.116. The number of aliphatic hydroxyl groups excluding tert-OH is 1. The largest absolute Gasteiger partial charge is 0.393 e. The zero-order valence-electron chi connectivity index (χ0n) is 14.0. The molecule has 4 aliphatic rings. The van der Waals surface area contributed by atoms with Crippen molar-refractivity contribution in [3.05, 3.63) is 11.6 Å². The molecule has 0 aromatic rings. The minimum atomic E-state index is -0.147. The summed E-state index contributed by atoms with van der Waals surface area (Å²) >= 11 is 0. The Kier molecular flexibility index (Phi) is 3.88. The molecule has 4 rings (SSSR count). The Hall–Kier alpha value is -1.07. The third-order valence-corrected chi connectivity index (χ3v) is 7.71. The SMILES string of the molecule is C#CCC[C@]12CC[C@H]3[C@@H](CCC4=CC(=O)CC[C@@H]43)[C@@H]1CC[C@@H]2O. The van der Waals surface area contributed by atoms with Gasteiger partial charge in [0.2, 0.25) is 0 Å². The van der Waals surface area contributed by atoms with E-state index in [1.54, 1.807) is 0 Å². The maximum absolute atomic E-state index is 11.7. The Morgan fingerprint density at radius 1 is 1.17 bits per heavy atom. The number of hydrogen-bond acceptors (Lipinski definition) is 2. The highest BCUT2D eigenvalue weighted by molar-refractivity contribution is 5.91. The number of rotatable bonds is 2. The molecule has 2 heteroatoms. The van der Waals surface area contributed by atoms with Crippen molar-refractivity contribution < 1.29 is 9.90 Å². The van der Waals surface area contributed by atoms with E-state index in [9.17, 15) is 9.90 Å². The summed E-state index contributed by atoms with van der Waals surface area (Å²) < 4.78 is 0. The predicted molar refractivity (Wildman–Crippen MR) is 90.5 cm³/mol. The van der Waals surface area contributed by atoms with Crippen LogP contribution in [0.3, 0.4) is 0 Å². The zero-order chi connectivity index (χ0) is 16.0.